The van der Waals surface area contributed by atoms with Gasteiger partial charge in [0.15, 0.2) is 0 Å². The number of ether oxygens (including phenoxy) is 1. The van der Waals surface area contributed by atoms with Crippen molar-refractivity contribution in [3.8, 4) is 5.75 Å². The average Bonchev–Trinajstić information content (AvgIpc) is 2.50. The largest absolute Gasteiger partial charge is 0.497 e. The number of rotatable bonds is 5. The van der Waals surface area contributed by atoms with Gasteiger partial charge in [-0.2, -0.15) is 0 Å². The Morgan fingerprint density at radius 1 is 1.33 bits per heavy atom. The minimum atomic E-state index is -1.12. The van der Waals surface area contributed by atoms with Crippen molar-refractivity contribution < 1.29 is 19.4 Å². The number of carboxylic acids is 1. The molecular weight excluding hydrogens is 306 g/mol. The van der Waals surface area contributed by atoms with Crippen LogP contribution >= 0.6 is 0 Å². The molecule has 0 bridgehead atoms. The van der Waals surface area contributed by atoms with Gasteiger partial charge in [-0.05, 0) is 61.4 Å². The van der Waals surface area contributed by atoms with E-state index in [-0.39, 0.29) is 12.3 Å². The predicted molar refractivity (Wildman–Crippen MR) is 92.3 cm³/mol. The van der Waals surface area contributed by atoms with Crippen LogP contribution in [0.1, 0.15) is 49.3 Å². The number of carboxylic acid groups (broad SMARTS) is 1. The molecule has 1 aliphatic rings. The number of aliphatic carboxylic acids is 1. The van der Waals surface area contributed by atoms with E-state index in [0.717, 1.165) is 35.3 Å². The minimum Gasteiger partial charge on any atom is -0.497 e. The third-order valence-corrected chi connectivity index (χ3v) is 5.03. The fraction of sp³-hybridized carbons (Fsp3) is 0.579. The van der Waals surface area contributed by atoms with E-state index in [0.29, 0.717) is 18.8 Å². The lowest BCUT2D eigenvalue weighted by Crippen LogP contribution is -2.57. The van der Waals surface area contributed by atoms with Crippen LogP contribution in [-0.4, -0.2) is 29.6 Å². The summed E-state index contributed by atoms with van der Waals surface area (Å²) in [6.45, 7) is 5.92. The van der Waals surface area contributed by atoms with Crippen molar-refractivity contribution in [1.29, 1.82) is 0 Å². The molecule has 0 radical (unpaired) electrons. The van der Waals surface area contributed by atoms with Gasteiger partial charge in [0.05, 0.1) is 13.5 Å². The van der Waals surface area contributed by atoms with Gasteiger partial charge in [0, 0.05) is 0 Å². The van der Waals surface area contributed by atoms with Crippen LogP contribution in [0, 0.1) is 19.8 Å². The first-order chi connectivity index (χ1) is 11.3. The second-order valence-corrected chi connectivity index (χ2v) is 7.05. The SMILES string of the molecule is COc1cc(C)c(CC(=O)NC2(C(=O)O)CCCC(C)C2)c(C)c1. The van der Waals surface area contributed by atoms with Crippen molar-refractivity contribution >= 4 is 11.9 Å². The van der Waals surface area contributed by atoms with E-state index < -0.39 is 11.5 Å². The Hall–Kier alpha value is -2.04. The number of aryl methyl sites for hydroxylation is 2. The summed E-state index contributed by atoms with van der Waals surface area (Å²) < 4.78 is 5.24. The highest BCUT2D eigenvalue weighted by molar-refractivity contribution is 5.88. The topological polar surface area (TPSA) is 75.6 Å². The van der Waals surface area contributed by atoms with Crippen LogP contribution in [-0.2, 0) is 16.0 Å². The first kappa shape index (κ1) is 18.3. The molecule has 0 saturated heterocycles. The molecule has 1 aromatic rings. The number of carbonyl (C=O) groups is 2. The van der Waals surface area contributed by atoms with Crippen molar-refractivity contribution in [1.82, 2.24) is 5.32 Å². The van der Waals surface area contributed by atoms with Crippen LogP contribution in [0.4, 0.5) is 0 Å². The lowest BCUT2D eigenvalue weighted by atomic mass is 9.76. The molecule has 24 heavy (non-hydrogen) atoms. The first-order valence-electron chi connectivity index (χ1n) is 8.46. The minimum absolute atomic E-state index is 0.186. The Balaban J connectivity index is 2.16. The molecule has 1 aliphatic carbocycles. The Kier molecular flexibility index (Phi) is 5.52. The van der Waals surface area contributed by atoms with Crippen LogP contribution in [0.2, 0.25) is 0 Å². The summed E-state index contributed by atoms with van der Waals surface area (Å²) >= 11 is 0. The number of benzene rings is 1. The monoisotopic (exact) mass is 333 g/mol. The Morgan fingerprint density at radius 2 is 1.96 bits per heavy atom. The maximum Gasteiger partial charge on any atom is 0.329 e. The van der Waals surface area contributed by atoms with Crippen molar-refractivity contribution in [3.63, 3.8) is 0 Å². The molecule has 1 aromatic carbocycles. The number of hydrogen-bond acceptors (Lipinski definition) is 3. The van der Waals surface area contributed by atoms with Crippen LogP contribution < -0.4 is 10.1 Å². The van der Waals surface area contributed by atoms with Crippen LogP contribution in [0.25, 0.3) is 0 Å². The van der Waals surface area contributed by atoms with Crippen molar-refractivity contribution in [2.75, 3.05) is 7.11 Å². The highest BCUT2D eigenvalue weighted by atomic mass is 16.5. The smallest absolute Gasteiger partial charge is 0.329 e. The molecule has 1 fully saturated rings. The van der Waals surface area contributed by atoms with Gasteiger partial charge in [-0.15, -0.1) is 0 Å². The zero-order valence-corrected chi connectivity index (χ0v) is 14.9. The lowest BCUT2D eigenvalue weighted by Gasteiger charge is -2.37. The van der Waals surface area contributed by atoms with Gasteiger partial charge >= 0.3 is 5.97 Å². The third-order valence-electron chi connectivity index (χ3n) is 5.03. The first-order valence-corrected chi connectivity index (χ1v) is 8.46. The Morgan fingerprint density at radius 3 is 2.46 bits per heavy atom. The molecule has 1 saturated carbocycles. The van der Waals surface area contributed by atoms with Crippen molar-refractivity contribution in [3.05, 3.63) is 28.8 Å². The van der Waals surface area contributed by atoms with E-state index in [1.807, 2.05) is 32.9 Å². The van der Waals surface area contributed by atoms with Crippen molar-refractivity contribution in [2.45, 2.75) is 58.4 Å². The van der Waals surface area contributed by atoms with Crippen molar-refractivity contribution in [2.24, 2.45) is 5.92 Å². The summed E-state index contributed by atoms with van der Waals surface area (Å²) in [4.78, 5) is 24.3. The van der Waals surface area contributed by atoms with Gasteiger partial charge in [0.2, 0.25) is 5.91 Å². The summed E-state index contributed by atoms with van der Waals surface area (Å²) in [5.74, 6) is -0.0923. The Labute approximate surface area is 143 Å². The third kappa shape index (κ3) is 3.89. The van der Waals surface area contributed by atoms with E-state index in [1.54, 1.807) is 7.11 Å². The molecule has 0 heterocycles. The zero-order chi connectivity index (χ0) is 17.9. The number of nitrogens with one attached hydrogen (secondary N) is 1. The molecule has 2 rings (SSSR count). The van der Waals surface area contributed by atoms with Crippen LogP contribution in [0.3, 0.4) is 0 Å². The van der Waals surface area contributed by atoms with Gasteiger partial charge in [-0.25, -0.2) is 4.79 Å². The Bertz CT molecular complexity index is 617. The highest BCUT2D eigenvalue weighted by Gasteiger charge is 2.43. The van der Waals surface area contributed by atoms with E-state index in [1.165, 1.54) is 0 Å². The fourth-order valence-electron chi connectivity index (χ4n) is 3.73. The molecule has 5 heteroatoms. The second kappa shape index (κ2) is 7.24. The van der Waals surface area contributed by atoms with Crippen LogP contribution in [0.15, 0.2) is 12.1 Å². The van der Waals surface area contributed by atoms with E-state index in [9.17, 15) is 14.7 Å². The molecule has 1 amide bonds. The summed E-state index contributed by atoms with van der Waals surface area (Å²) in [6, 6.07) is 3.79. The summed E-state index contributed by atoms with van der Waals surface area (Å²) in [5, 5.41) is 12.5. The molecule has 2 atom stereocenters. The number of hydrogen-bond donors (Lipinski definition) is 2. The summed E-state index contributed by atoms with van der Waals surface area (Å²) in [6.07, 6.45) is 3.02. The number of methoxy groups -OCH3 is 1. The normalized spacial score (nSPS) is 23.6. The summed E-state index contributed by atoms with van der Waals surface area (Å²) in [7, 11) is 1.61. The molecule has 5 nitrogen and oxygen atoms in total. The van der Waals surface area contributed by atoms with Gasteiger partial charge in [0.1, 0.15) is 11.3 Å². The van der Waals surface area contributed by atoms with E-state index in [4.69, 9.17) is 4.74 Å². The van der Waals surface area contributed by atoms with Crippen LogP contribution in [0.5, 0.6) is 5.75 Å². The fourth-order valence-corrected chi connectivity index (χ4v) is 3.73. The molecule has 0 aromatic heterocycles. The predicted octanol–water partition coefficient (Wildman–Crippen LogP) is 3.00. The maximum absolute atomic E-state index is 12.6. The second-order valence-electron chi connectivity index (χ2n) is 7.05. The average molecular weight is 333 g/mol. The van der Waals surface area contributed by atoms with Gasteiger partial charge in [0.25, 0.3) is 0 Å². The quantitative estimate of drug-likeness (QED) is 0.868. The molecule has 0 aliphatic heterocycles. The van der Waals surface area contributed by atoms with Gasteiger partial charge < -0.3 is 15.2 Å². The zero-order valence-electron chi connectivity index (χ0n) is 14.9. The van der Waals surface area contributed by atoms with Gasteiger partial charge in [-0.1, -0.05) is 19.8 Å². The number of amides is 1. The molecule has 0 spiro atoms. The number of carbonyl (C=O) groups excluding carboxylic acids is 1. The molecule has 2 unspecified atom stereocenters. The standard InChI is InChI=1S/C19H27NO4/c1-12-6-5-7-19(11-12,18(22)23)20-17(21)10-16-13(2)8-15(24-4)9-14(16)3/h8-9,12H,5-7,10-11H2,1-4H3,(H,20,21)(H,22,23). The van der Waals surface area contributed by atoms with E-state index >= 15 is 0 Å². The molecule has 132 valence electrons. The molecule has 2 N–H and O–H groups in total. The molecular formula is C19H27NO4. The van der Waals surface area contributed by atoms with Gasteiger partial charge in [-0.3, -0.25) is 4.79 Å². The summed E-state index contributed by atoms with van der Waals surface area (Å²) in [5.41, 5.74) is 1.76. The lowest BCUT2D eigenvalue weighted by molar-refractivity contribution is -0.150. The van der Waals surface area contributed by atoms with E-state index in [2.05, 4.69) is 5.32 Å². The highest BCUT2D eigenvalue weighted by Crippen LogP contribution is 2.33. The maximum atomic E-state index is 12.6.